The number of hydrogen-bond donors (Lipinski definition) is 1. The van der Waals surface area contributed by atoms with Crippen molar-refractivity contribution in [3.05, 3.63) is 22.7 Å². The van der Waals surface area contributed by atoms with Gasteiger partial charge in [-0.3, -0.25) is 4.79 Å². The molecular weight excluding hydrogens is 270 g/mol. The Balaban J connectivity index is 2.13. The van der Waals surface area contributed by atoms with Gasteiger partial charge in [-0.25, -0.2) is 0 Å². The topological polar surface area (TPSA) is 59.0 Å². The zero-order valence-electron chi connectivity index (χ0n) is 10.9. The number of carbonyl (C=O) groups excluding carboxylic acids is 1. The van der Waals surface area contributed by atoms with Crippen LogP contribution < -0.4 is 9.47 Å². The summed E-state index contributed by atoms with van der Waals surface area (Å²) in [5.74, 6) is 0.797. The Labute approximate surface area is 116 Å². The number of ether oxygens (including phenoxy) is 2. The Hall–Kier alpha value is -1.46. The van der Waals surface area contributed by atoms with Gasteiger partial charge in [-0.2, -0.15) is 0 Å². The summed E-state index contributed by atoms with van der Waals surface area (Å²) in [4.78, 5) is 13.7. The van der Waals surface area contributed by atoms with Gasteiger partial charge >= 0.3 is 0 Å². The molecule has 0 spiro atoms. The van der Waals surface area contributed by atoms with Gasteiger partial charge in [0.2, 0.25) is 6.79 Å². The maximum Gasteiger partial charge on any atom is 0.253 e. The number of benzene rings is 1. The van der Waals surface area contributed by atoms with Crippen molar-refractivity contribution in [1.29, 1.82) is 0 Å². The van der Waals surface area contributed by atoms with Gasteiger partial charge in [0.15, 0.2) is 11.5 Å². The predicted molar refractivity (Wildman–Crippen MR) is 70.8 cm³/mol. The summed E-state index contributed by atoms with van der Waals surface area (Å²) in [7, 11) is 1.68. The van der Waals surface area contributed by atoms with Gasteiger partial charge in [-0.05, 0) is 25.5 Å². The van der Waals surface area contributed by atoms with E-state index in [1.54, 1.807) is 31.0 Å². The van der Waals surface area contributed by atoms with Crippen molar-refractivity contribution < 1.29 is 19.4 Å². The Kier molecular flexibility index (Phi) is 4.17. The monoisotopic (exact) mass is 285 g/mol. The second-order valence-corrected chi connectivity index (χ2v) is 4.96. The van der Waals surface area contributed by atoms with E-state index in [-0.39, 0.29) is 12.7 Å². The number of aliphatic hydroxyl groups is 1. The molecule has 0 fully saturated rings. The fraction of sp³-hybridized carbons (Fsp3) is 0.462. The minimum absolute atomic E-state index is 0.116. The molecule has 0 radical (unpaired) electrons. The van der Waals surface area contributed by atoms with E-state index >= 15 is 0 Å². The Bertz CT molecular complexity index is 490. The first-order chi connectivity index (χ1) is 8.99. The second-order valence-electron chi connectivity index (χ2n) is 4.56. The molecule has 0 saturated carbocycles. The summed E-state index contributed by atoms with van der Waals surface area (Å²) in [6, 6.07) is 3.19. The van der Waals surface area contributed by atoms with Crippen LogP contribution in [0.2, 0.25) is 5.02 Å². The van der Waals surface area contributed by atoms with Crippen LogP contribution in [0.5, 0.6) is 11.5 Å². The molecular formula is C13H16ClNO4. The summed E-state index contributed by atoms with van der Waals surface area (Å²) in [6.07, 6.45) is 0.0937. The molecule has 1 aliphatic heterocycles. The van der Waals surface area contributed by atoms with Crippen molar-refractivity contribution in [2.75, 3.05) is 20.4 Å². The average molecular weight is 286 g/mol. The lowest BCUT2D eigenvalue weighted by atomic mass is 10.1. The minimum Gasteiger partial charge on any atom is -0.454 e. The molecule has 1 amide bonds. The van der Waals surface area contributed by atoms with Gasteiger partial charge in [0.1, 0.15) is 0 Å². The lowest BCUT2D eigenvalue weighted by molar-refractivity contribution is 0.0768. The van der Waals surface area contributed by atoms with Crippen LogP contribution in [0.4, 0.5) is 0 Å². The number of amides is 1. The van der Waals surface area contributed by atoms with E-state index in [0.29, 0.717) is 35.1 Å². The molecule has 1 N–H and O–H groups in total. The van der Waals surface area contributed by atoms with E-state index in [0.717, 1.165) is 0 Å². The largest absolute Gasteiger partial charge is 0.454 e. The van der Waals surface area contributed by atoms with Crippen LogP contribution in [0.1, 0.15) is 23.7 Å². The molecule has 19 heavy (non-hydrogen) atoms. The molecule has 1 unspecified atom stereocenters. The molecule has 6 heteroatoms. The average Bonchev–Trinajstić information content (AvgIpc) is 2.83. The van der Waals surface area contributed by atoms with Gasteiger partial charge < -0.3 is 19.5 Å². The lowest BCUT2D eigenvalue weighted by Crippen LogP contribution is -2.29. The summed E-state index contributed by atoms with van der Waals surface area (Å²) in [5, 5.41) is 9.59. The van der Waals surface area contributed by atoms with E-state index in [1.807, 2.05) is 0 Å². The molecule has 1 aromatic rings. The third kappa shape index (κ3) is 3.11. The van der Waals surface area contributed by atoms with Gasteiger partial charge in [0, 0.05) is 19.2 Å². The standard InChI is InChI=1S/C13H16ClNO4/c1-8(16)3-4-15(2)13(17)9-5-10(14)12-11(6-9)18-7-19-12/h5-6,8,16H,3-4,7H2,1-2H3. The number of halogens is 1. The van der Waals surface area contributed by atoms with Crippen molar-refractivity contribution in [2.45, 2.75) is 19.4 Å². The van der Waals surface area contributed by atoms with Crippen molar-refractivity contribution in [1.82, 2.24) is 4.90 Å². The van der Waals surface area contributed by atoms with E-state index in [1.165, 1.54) is 0 Å². The number of carbonyl (C=O) groups is 1. The highest BCUT2D eigenvalue weighted by atomic mass is 35.5. The number of fused-ring (bicyclic) bond motifs is 1. The molecule has 104 valence electrons. The fourth-order valence-corrected chi connectivity index (χ4v) is 2.06. The smallest absolute Gasteiger partial charge is 0.253 e. The molecule has 1 aromatic carbocycles. The van der Waals surface area contributed by atoms with E-state index in [9.17, 15) is 9.90 Å². The summed E-state index contributed by atoms with van der Waals surface area (Å²) in [6.45, 7) is 2.28. The van der Waals surface area contributed by atoms with E-state index in [4.69, 9.17) is 21.1 Å². The quantitative estimate of drug-likeness (QED) is 0.918. The Morgan fingerprint density at radius 1 is 1.53 bits per heavy atom. The van der Waals surface area contributed by atoms with Crippen molar-refractivity contribution in [3.63, 3.8) is 0 Å². The minimum atomic E-state index is -0.435. The first kappa shape index (κ1) is 14.0. The van der Waals surface area contributed by atoms with Gasteiger partial charge in [-0.1, -0.05) is 11.6 Å². The second kappa shape index (κ2) is 5.67. The summed E-state index contributed by atoms with van der Waals surface area (Å²) < 4.78 is 10.4. The number of hydrogen-bond acceptors (Lipinski definition) is 4. The van der Waals surface area contributed by atoms with Crippen LogP contribution in [0, 0.1) is 0 Å². The van der Waals surface area contributed by atoms with E-state index in [2.05, 4.69) is 0 Å². The fourth-order valence-electron chi connectivity index (χ4n) is 1.79. The molecule has 0 aromatic heterocycles. The predicted octanol–water partition coefficient (Wildman–Crippen LogP) is 1.91. The molecule has 1 atom stereocenters. The highest BCUT2D eigenvalue weighted by Gasteiger charge is 2.22. The molecule has 0 saturated heterocycles. The van der Waals surface area contributed by atoms with E-state index < -0.39 is 6.10 Å². The van der Waals surface area contributed by atoms with Crippen LogP contribution in [0.15, 0.2) is 12.1 Å². The number of aliphatic hydroxyl groups excluding tert-OH is 1. The summed E-state index contributed by atoms with van der Waals surface area (Å²) >= 11 is 6.04. The number of rotatable bonds is 4. The Morgan fingerprint density at radius 2 is 2.26 bits per heavy atom. The van der Waals surface area contributed by atoms with Crippen LogP contribution >= 0.6 is 11.6 Å². The van der Waals surface area contributed by atoms with Crippen molar-refractivity contribution in [3.8, 4) is 11.5 Å². The molecule has 2 rings (SSSR count). The normalized spacial score (nSPS) is 14.3. The zero-order chi connectivity index (χ0) is 14.0. The summed E-state index contributed by atoms with van der Waals surface area (Å²) in [5.41, 5.74) is 0.447. The lowest BCUT2D eigenvalue weighted by Gasteiger charge is -2.18. The highest BCUT2D eigenvalue weighted by molar-refractivity contribution is 6.32. The van der Waals surface area contributed by atoms with Crippen LogP contribution in [0.25, 0.3) is 0 Å². The van der Waals surface area contributed by atoms with Crippen LogP contribution in [0.3, 0.4) is 0 Å². The SMILES string of the molecule is CC(O)CCN(C)C(=O)c1cc(Cl)c2c(c1)OCO2. The first-order valence-electron chi connectivity index (χ1n) is 6.01. The third-order valence-electron chi connectivity index (χ3n) is 2.90. The van der Waals surface area contributed by atoms with Crippen LogP contribution in [-0.2, 0) is 0 Å². The maximum absolute atomic E-state index is 12.2. The third-order valence-corrected chi connectivity index (χ3v) is 3.18. The van der Waals surface area contributed by atoms with Crippen molar-refractivity contribution in [2.24, 2.45) is 0 Å². The maximum atomic E-state index is 12.2. The Morgan fingerprint density at radius 3 is 2.95 bits per heavy atom. The van der Waals surface area contributed by atoms with Crippen molar-refractivity contribution >= 4 is 17.5 Å². The molecule has 1 heterocycles. The zero-order valence-corrected chi connectivity index (χ0v) is 11.6. The number of nitrogens with zero attached hydrogens (tertiary/aromatic N) is 1. The molecule has 0 aliphatic carbocycles. The molecule has 1 aliphatic rings. The molecule has 5 nitrogen and oxygen atoms in total. The van der Waals surface area contributed by atoms with Gasteiger partial charge in [-0.15, -0.1) is 0 Å². The van der Waals surface area contributed by atoms with Gasteiger partial charge in [0.05, 0.1) is 11.1 Å². The highest BCUT2D eigenvalue weighted by Crippen LogP contribution is 2.39. The van der Waals surface area contributed by atoms with Crippen LogP contribution in [-0.4, -0.2) is 42.4 Å². The first-order valence-corrected chi connectivity index (χ1v) is 6.39. The molecule has 0 bridgehead atoms. The van der Waals surface area contributed by atoms with Gasteiger partial charge in [0.25, 0.3) is 5.91 Å².